The molecule has 0 aliphatic heterocycles. The first-order valence-electron chi connectivity index (χ1n) is 8.51. The van der Waals surface area contributed by atoms with E-state index in [-0.39, 0.29) is 18.4 Å². The molecule has 0 saturated heterocycles. The standard InChI is InChI=1S/C20H23ClN2O4/c1-15(24)23(13-16-3-5-17(21)6-4-16)14-20(25)22-11-12-27-19-9-7-18(26-2)8-10-19/h3-10H,11-14H2,1-2H3,(H,22,25). The van der Waals surface area contributed by atoms with Crippen molar-refractivity contribution in [3.8, 4) is 11.5 Å². The van der Waals surface area contributed by atoms with E-state index in [4.69, 9.17) is 21.1 Å². The fourth-order valence-electron chi connectivity index (χ4n) is 2.35. The summed E-state index contributed by atoms with van der Waals surface area (Å²) in [5.74, 6) is 1.03. The largest absolute Gasteiger partial charge is 0.497 e. The Morgan fingerprint density at radius 1 is 1.04 bits per heavy atom. The minimum atomic E-state index is -0.238. The lowest BCUT2D eigenvalue weighted by Gasteiger charge is -2.20. The van der Waals surface area contributed by atoms with E-state index in [1.54, 1.807) is 43.5 Å². The summed E-state index contributed by atoms with van der Waals surface area (Å²) in [5, 5.41) is 3.38. The van der Waals surface area contributed by atoms with Crippen LogP contribution in [0.3, 0.4) is 0 Å². The molecular formula is C20H23ClN2O4. The van der Waals surface area contributed by atoms with Crippen LogP contribution in [0.2, 0.25) is 5.02 Å². The third-order valence-electron chi connectivity index (χ3n) is 3.82. The molecule has 2 aromatic carbocycles. The van der Waals surface area contributed by atoms with E-state index in [0.29, 0.717) is 30.5 Å². The van der Waals surface area contributed by atoms with Gasteiger partial charge in [0, 0.05) is 18.5 Å². The van der Waals surface area contributed by atoms with Crippen LogP contribution in [0.15, 0.2) is 48.5 Å². The summed E-state index contributed by atoms with van der Waals surface area (Å²) >= 11 is 5.86. The molecule has 0 atom stereocenters. The van der Waals surface area contributed by atoms with Crippen LogP contribution >= 0.6 is 11.6 Å². The highest BCUT2D eigenvalue weighted by molar-refractivity contribution is 6.30. The molecule has 0 aliphatic rings. The number of hydrogen-bond acceptors (Lipinski definition) is 4. The van der Waals surface area contributed by atoms with Gasteiger partial charge in [0.05, 0.1) is 20.2 Å². The Morgan fingerprint density at radius 3 is 2.26 bits per heavy atom. The molecule has 0 fully saturated rings. The number of nitrogens with zero attached hydrogens (tertiary/aromatic N) is 1. The predicted molar refractivity (Wildman–Crippen MR) is 104 cm³/mol. The maximum Gasteiger partial charge on any atom is 0.239 e. The molecular weight excluding hydrogens is 368 g/mol. The van der Waals surface area contributed by atoms with Gasteiger partial charge in [0.15, 0.2) is 0 Å². The molecule has 0 heterocycles. The van der Waals surface area contributed by atoms with E-state index < -0.39 is 0 Å². The van der Waals surface area contributed by atoms with E-state index >= 15 is 0 Å². The van der Waals surface area contributed by atoms with Crippen molar-refractivity contribution in [1.82, 2.24) is 10.2 Å². The maximum atomic E-state index is 12.1. The minimum Gasteiger partial charge on any atom is -0.497 e. The molecule has 27 heavy (non-hydrogen) atoms. The normalized spacial score (nSPS) is 10.2. The van der Waals surface area contributed by atoms with Gasteiger partial charge in [-0.2, -0.15) is 0 Å². The summed E-state index contributed by atoms with van der Waals surface area (Å²) < 4.78 is 10.6. The summed E-state index contributed by atoms with van der Waals surface area (Å²) in [5.41, 5.74) is 0.908. The highest BCUT2D eigenvalue weighted by atomic mass is 35.5. The molecule has 2 aromatic rings. The van der Waals surface area contributed by atoms with Gasteiger partial charge in [-0.25, -0.2) is 0 Å². The molecule has 144 valence electrons. The Morgan fingerprint density at radius 2 is 1.67 bits per heavy atom. The van der Waals surface area contributed by atoms with Crippen LogP contribution in [0.4, 0.5) is 0 Å². The van der Waals surface area contributed by atoms with Crippen LogP contribution < -0.4 is 14.8 Å². The first-order valence-corrected chi connectivity index (χ1v) is 8.89. The predicted octanol–water partition coefficient (Wildman–Crippen LogP) is 2.89. The van der Waals surface area contributed by atoms with E-state index in [2.05, 4.69) is 5.32 Å². The van der Waals surface area contributed by atoms with Gasteiger partial charge < -0.3 is 19.7 Å². The zero-order valence-electron chi connectivity index (χ0n) is 15.4. The number of carbonyl (C=O) groups excluding carboxylic acids is 2. The molecule has 0 radical (unpaired) electrons. The Balaban J connectivity index is 1.74. The SMILES string of the molecule is COc1ccc(OCCNC(=O)CN(Cc2ccc(Cl)cc2)C(C)=O)cc1. The molecule has 2 rings (SSSR count). The highest BCUT2D eigenvalue weighted by Crippen LogP contribution is 2.16. The Kier molecular flexibility index (Phi) is 7.95. The monoisotopic (exact) mass is 390 g/mol. The summed E-state index contributed by atoms with van der Waals surface area (Å²) in [6, 6.07) is 14.4. The van der Waals surface area contributed by atoms with Gasteiger partial charge in [0.25, 0.3) is 0 Å². The first-order chi connectivity index (χ1) is 13.0. The number of methoxy groups -OCH3 is 1. The van der Waals surface area contributed by atoms with Crippen molar-refractivity contribution in [3.63, 3.8) is 0 Å². The van der Waals surface area contributed by atoms with Crippen molar-refractivity contribution >= 4 is 23.4 Å². The zero-order valence-corrected chi connectivity index (χ0v) is 16.2. The second-order valence-electron chi connectivity index (χ2n) is 5.88. The summed E-state index contributed by atoms with van der Waals surface area (Å²) in [6.45, 7) is 2.45. The van der Waals surface area contributed by atoms with Crippen LogP contribution in [0.1, 0.15) is 12.5 Å². The van der Waals surface area contributed by atoms with Crippen molar-refractivity contribution < 1.29 is 19.1 Å². The van der Waals surface area contributed by atoms with Crippen LogP contribution in [0, 0.1) is 0 Å². The number of carbonyl (C=O) groups is 2. The number of nitrogens with one attached hydrogen (secondary N) is 1. The second-order valence-corrected chi connectivity index (χ2v) is 6.31. The van der Waals surface area contributed by atoms with Crippen LogP contribution in [-0.4, -0.2) is 43.5 Å². The average molecular weight is 391 g/mol. The van der Waals surface area contributed by atoms with Gasteiger partial charge in [-0.05, 0) is 42.0 Å². The van der Waals surface area contributed by atoms with Gasteiger partial charge in [0.1, 0.15) is 18.1 Å². The molecule has 7 heteroatoms. The fraction of sp³-hybridized carbons (Fsp3) is 0.300. The third kappa shape index (κ3) is 7.19. The second kappa shape index (κ2) is 10.4. The van der Waals surface area contributed by atoms with E-state index in [1.807, 2.05) is 12.1 Å². The van der Waals surface area contributed by atoms with E-state index in [9.17, 15) is 9.59 Å². The molecule has 0 bridgehead atoms. The van der Waals surface area contributed by atoms with Crippen molar-refractivity contribution in [2.24, 2.45) is 0 Å². The number of hydrogen-bond donors (Lipinski definition) is 1. The van der Waals surface area contributed by atoms with Crippen LogP contribution in [0.5, 0.6) is 11.5 Å². The number of amides is 2. The lowest BCUT2D eigenvalue weighted by Crippen LogP contribution is -2.40. The van der Waals surface area contributed by atoms with Crippen molar-refractivity contribution in [2.45, 2.75) is 13.5 Å². The van der Waals surface area contributed by atoms with E-state index in [0.717, 1.165) is 11.3 Å². The van der Waals surface area contributed by atoms with Crippen molar-refractivity contribution in [3.05, 3.63) is 59.1 Å². The number of ether oxygens (including phenoxy) is 2. The first kappa shape index (κ1) is 20.6. The van der Waals surface area contributed by atoms with Crippen LogP contribution in [-0.2, 0) is 16.1 Å². The molecule has 0 saturated carbocycles. The smallest absolute Gasteiger partial charge is 0.239 e. The number of rotatable bonds is 9. The Hall–Kier alpha value is -2.73. The highest BCUT2D eigenvalue weighted by Gasteiger charge is 2.14. The molecule has 1 N–H and O–H groups in total. The summed E-state index contributed by atoms with van der Waals surface area (Å²) in [4.78, 5) is 25.4. The van der Waals surface area contributed by atoms with Gasteiger partial charge in [-0.15, -0.1) is 0 Å². The van der Waals surface area contributed by atoms with Gasteiger partial charge >= 0.3 is 0 Å². The average Bonchev–Trinajstić information content (AvgIpc) is 2.67. The molecule has 0 aromatic heterocycles. The molecule has 2 amide bonds. The van der Waals surface area contributed by atoms with Crippen molar-refractivity contribution in [2.75, 3.05) is 26.8 Å². The Labute approximate surface area is 164 Å². The molecule has 0 spiro atoms. The fourth-order valence-corrected chi connectivity index (χ4v) is 2.48. The Bertz CT molecular complexity index is 748. The molecule has 0 unspecified atom stereocenters. The number of halogens is 1. The van der Waals surface area contributed by atoms with Gasteiger partial charge in [-0.3, -0.25) is 9.59 Å². The van der Waals surface area contributed by atoms with Gasteiger partial charge in [-0.1, -0.05) is 23.7 Å². The lowest BCUT2D eigenvalue weighted by atomic mass is 10.2. The van der Waals surface area contributed by atoms with E-state index in [1.165, 1.54) is 11.8 Å². The summed E-state index contributed by atoms with van der Waals surface area (Å²) in [6.07, 6.45) is 0. The third-order valence-corrected chi connectivity index (χ3v) is 4.07. The topological polar surface area (TPSA) is 67.9 Å². The zero-order chi connectivity index (χ0) is 19.6. The maximum absolute atomic E-state index is 12.1. The quantitative estimate of drug-likeness (QED) is 0.668. The van der Waals surface area contributed by atoms with Gasteiger partial charge in [0.2, 0.25) is 11.8 Å². The lowest BCUT2D eigenvalue weighted by molar-refractivity contribution is -0.134. The minimum absolute atomic E-state index is 0.0134. The molecule has 6 nitrogen and oxygen atoms in total. The van der Waals surface area contributed by atoms with Crippen LogP contribution in [0.25, 0.3) is 0 Å². The molecule has 0 aliphatic carbocycles. The number of benzene rings is 2. The van der Waals surface area contributed by atoms with Crippen molar-refractivity contribution in [1.29, 1.82) is 0 Å². The summed E-state index contributed by atoms with van der Waals surface area (Å²) in [7, 11) is 1.60.